The van der Waals surface area contributed by atoms with Gasteiger partial charge in [0.05, 0.1) is 4.90 Å². The third-order valence-corrected chi connectivity index (χ3v) is 5.80. The minimum absolute atomic E-state index is 0.0686. The number of carboxylic acid groups (broad SMARTS) is 1. The molecule has 0 bridgehead atoms. The Morgan fingerprint density at radius 2 is 1.58 bits per heavy atom. The van der Waals surface area contributed by atoms with Gasteiger partial charge in [-0.25, -0.2) is 8.42 Å². The summed E-state index contributed by atoms with van der Waals surface area (Å²) in [6.07, 6.45) is 0.0686. The van der Waals surface area contributed by atoms with E-state index in [0.29, 0.717) is 5.39 Å². The van der Waals surface area contributed by atoms with Gasteiger partial charge in [0.25, 0.3) is 0 Å². The van der Waals surface area contributed by atoms with Gasteiger partial charge >= 0.3 is 5.97 Å². The number of hydrogen-bond donors (Lipinski definition) is 2. The summed E-state index contributed by atoms with van der Waals surface area (Å²) < 4.78 is 28.1. The minimum Gasteiger partial charge on any atom is -0.480 e. The molecule has 3 aromatic rings. The Morgan fingerprint density at radius 3 is 2.23 bits per heavy atom. The fraction of sp³-hybridized carbons (Fsp3) is 0.150. The number of aryl methyl sites for hydroxylation is 1. The van der Waals surface area contributed by atoms with E-state index in [2.05, 4.69) is 4.72 Å². The van der Waals surface area contributed by atoms with Crippen molar-refractivity contribution in [2.45, 2.75) is 24.3 Å². The number of hydrogen-bond acceptors (Lipinski definition) is 3. The van der Waals surface area contributed by atoms with E-state index >= 15 is 0 Å². The summed E-state index contributed by atoms with van der Waals surface area (Å²) in [5, 5.41) is 10.9. The topological polar surface area (TPSA) is 83.5 Å². The second-order valence-corrected chi connectivity index (χ2v) is 7.81. The molecule has 0 aliphatic heterocycles. The van der Waals surface area contributed by atoms with Crippen LogP contribution in [0, 0.1) is 6.92 Å². The van der Waals surface area contributed by atoms with Crippen molar-refractivity contribution in [2.75, 3.05) is 0 Å². The molecule has 0 unspecified atom stereocenters. The highest BCUT2D eigenvalue weighted by Crippen LogP contribution is 2.26. The van der Waals surface area contributed by atoms with Gasteiger partial charge in [-0.15, -0.1) is 0 Å². The first kappa shape index (κ1) is 18.1. The van der Waals surface area contributed by atoms with Crippen LogP contribution in [0.5, 0.6) is 0 Å². The summed E-state index contributed by atoms with van der Waals surface area (Å²) in [6.45, 7) is 1.90. The molecule has 0 fully saturated rings. The lowest BCUT2D eigenvalue weighted by molar-refractivity contribution is -0.138. The van der Waals surface area contributed by atoms with Gasteiger partial charge in [0.2, 0.25) is 10.0 Å². The molecule has 0 aliphatic carbocycles. The molecule has 3 rings (SSSR count). The first-order chi connectivity index (χ1) is 12.4. The molecule has 1 atom stereocenters. The predicted octanol–water partition coefficient (Wildman–Crippen LogP) is 3.12. The third kappa shape index (κ3) is 3.76. The summed E-state index contributed by atoms with van der Waals surface area (Å²) in [5.74, 6) is -1.21. The number of sulfonamides is 1. The van der Waals surface area contributed by atoms with Gasteiger partial charge in [-0.05, 0) is 35.9 Å². The summed E-state index contributed by atoms with van der Waals surface area (Å²) in [5.41, 5.74) is 1.70. The number of carboxylic acids is 1. The first-order valence-corrected chi connectivity index (χ1v) is 9.64. The predicted molar refractivity (Wildman–Crippen MR) is 101 cm³/mol. The number of benzene rings is 3. The van der Waals surface area contributed by atoms with Crippen LogP contribution >= 0.6 is 0 Å². The van der Waals surface area contributed by atoms with Gasteiger partial charge in [-0.1, -0.05) is 60.7 Å². The molecule has 0 aromatic heterocycles. The van der Waals surface area contributed by atoms with Crippen LogP contribution in [0.4, 0.5) is 0 Å². The molecule has 26 heavy (non-hydrogen) atoms. The largest absolute Gasteiger partial charge is 0.480 e. The Bertz CT molecular complexity index is 1050. The molecule has 0 radical (unpaired) electrons. The van der Waals surface area contributed by atoms with Crippen LogP contribution in [-0.2, 0) is 21.2 Å². The van der Waals surface area contributed by atoms with Gasteiger partial charge in [0.15, 0.2) is 0 Å². The van der Waals surface area contributed by atoms with Crippen LogP contribution in [-0.4, -0.2) is 25.5 Å². The van der Waals surface area contributed by atoms with Crippen LogP contribution in [0.15, 0.2) is 71.6 Å². The molecule has 2 N–H and O–H groups in total. The van der Waals surface area contributed by atoms with Crippen LogP contribution in [0.1, 0.15) is 11.1 Å². The van der Waals surface area contributed by atoms with Gasteiger partial charge in [-0.3, -0.25) is 4.79 Å². The van der Waals surface area contributed by atoms with Crippen molar-refractivity contribution in [1.29, 1.82) is 0 Å². The quantitative estimate of drug-likeness (QED) is 0.699. The standard InChI is InChI=1S/C20H19NO4S/c1-14-11-12-19(17-10-6-5-9-16(14)17)26(24,25)21-18(20(22)23)13-15-7-3-2-4-8-15/h2-12,18,21H,13H2,1H3,(H,22,23)/t18-/m1/s1. The lowest BCUT2D eigenvalue weighted by Gasteiger charge is -2.16. The maximum Gasteiger partial charge on any atom is 0.322 e. The summed E-state index contributed by atoms with van der Waals surface area (Å²) in [6, 6.07) is 18.1. The number of aliphatic carboxylic acids is 1. The van der Waals surface area contributed by atoms with E-state index in [4.69, 9.17) is 0 Å². The molecule has 0 heterocycles. The Labute approximate surface area is 152 Å². The van der Waals surface area contributed by atoms with E-state index in [-0.39, 0.29) is 11.3 Å². The number of carbonyl (C=O) groups is 1. The van der Waals surface area contributed by atoms with Crippen molar-refractivity contribution in [1.82, 2.24) is 4.72 Å². The molecular weight excluding hydrogens is 350 g/mol. The van der Waals surface area contributed by atoms with Gasteiger partial charge in [-0.2, -0.15) is 4.72 Å². The van der Waals surface area contributed by atoms with E-state index in [1.54, 1.807) is 42.5 Å². The SMILES string of the molecule is Cc1ccc(S(=O)(=O)N[C@H](Cc2ccccc2)C(=O)O)c2ccccc12. The van der Waals surface area contributed by atoms with Crippen molar-refractivity contribution >= 4 is 26.8 Å². The summed E-state index contributed by atoms with van der Waals surface area (Å²) in [7, 11) is -4.00. The van der Waals surface area contributed by atoms with E-state index in [9.17, 15) is 18.3 Å². The van der Waals surface area contributed by atoms with Crippen molar-refractivity contribution < 1.29 is 18.3 Å². The molecule has 0 aliphatic rings. The molecule has 5 nitrogen and oxygen atoms in total. The monoisotopic (exact) mass is 369 g/mol. The van der Waals surface area contributed by atoms with Crippen LogP contribution < -0.4 is 4.72 Å². The molecular formula is C20H19NO4S. The van der Waals surface area contributed by atoms with E-state index in [1.807, 2.05) is 25.1 Å². The van der Waals surface area contributed by atoms with E-state index < -0.39 is 22.0 Å². The lowest BCUT2D eigenvalue weighted by atomic mass is 10.1. The number of fused-ring (bicyclic) bond motifs is 1. The van der Waals surface area contributed by atoms with Crippen molar-refractivity contribution in [3.8, 4) is 0 Å². The maximum atomic E-state index is 12.9. The van der Waals surface area contributed by atoms with Gasteiger partial charge in [0.1, 0.15) is 6.04 Å². The number of rotatable bonds is 6. The van der Waals surface area contributed by atoms with Gasteiger partial charge in [0, 0.05) is 5.39 Å². The Kier molecular flexibility index (Phi) is 5.06. The smallest absolute Gasteiger partial charge is 0.322 e. The summed E-state index contributed by atoms with van der Waals surface area (Å²) >= 11 is 0. The zero-order chi connectivity index (χ0) is 18.7. The van der Waals surface area contributed by atoms with E-state index in [0.717, 1.165) is 16.5 Å². The van der Waals surface area contributed by atoms with Crippen molar-refractivity contribution in [3.05, 3.63) is 77.9 Å². The Morgan fingerprint density at radius 1 is 0.962 bits per heavy atom. The molecule has 134 valence electrons. The molecule has 0 saturated carbocycles. The number of nitrogens with one attached hydrogen (secondary N) is 1. The van der Waals surface area contributed by atoms with E-state index in [1.165, 1.54) is 6.07 Å². The zero-order valence-electron chi connectivity index (χ0n) is 14.2. The van der Waals surface area contributed by atoms with Crippen LogP contribution in [0.2, 0.25) is 0 Å². The highest BCUT2D eigenvalue weighted by molar-refractivity contribution is 7.89. The first-order valence-electron chi connectivity index (χ1n) is 8.16. The maximum absolute atomic E-state index is 12.9. The summed E-state index contributed by atoms with van der Waals surface area (Å²) in [4.78, 5) is 11.7. The van der Waals surface area contributed by atoms with Crippen molar-refractivity contribution in [2.24, 2.45) is 0 Å². The second kappa shape index (κ2) is 7.27. The fourth-order valence-electron chi connectivity index (χ4n) is 2.94. The van der Waals surface area contributed by atoms with Crippen LogP contribution in [0.3, 0.4) is 0 Å². The molecule has 0 amide bonds. The Balaban J connectivity index is 1.97. The average Bonchev–Trinajstić information content (AvgIpc) is 2.62. The zero-order valence-corrected chi connectivity index (χ0v) is 15.0. The van der Waals surface area contributed by atoms with Crippen LogP contribution in [0.25, 0.3) is 10.8 Å². The Hall–Kier alpha value is -2.70. The average molecular weight is 369 g/mol. The second-order valence-electron chi connectivity index (χ2n) is 6.13. The molecule has 3 aromatic carbocycles. The normalized spacial score (nSPS) is 12.8. The molecule has 0 spiro atoms. The third-order valence-electron chi connectivity index (χ3n) is 4.27. The van der Waals surface area contributed by atoms with Crippen molar-refractivity contribution in [3.63, 3.8) is 0 Å². The fourth-order valence-corrected chi connectivity index (χ4v) is 4.34. The highest BCUT2D eigenvalue weighted by Gasteiger charge is 2.27. The molecule has 0 saturated heterocycles. The lowest BCUT2D eigenvalue weighted by Crippen LogP contribution is -2.42. The highest BCUT2D eigenvalue weighted by atomic mass is 32.2. The minimum atomic E-state index is -4.00. The molecule has 6 heteroatoms. The van der Waals surface area contributed by atoms with Gasteiger partial charge < -0.3 is 5.11 Å².